The lowest BCUT2D eigenvalue weighted by Crippen LogP contribution is -2.59. The molecule has 4 rings (SSSR count). The zero-order valence-corrected chi connectivity index (χ0v) is 20.9. The first-order chi connectivity index (χ1) is 18.2. The summed E-state index contributed by atoms with van der Waals surface area (Å²) in [6.45, 7) is 4.74. The van der Waals surface area contributed by atoms with E-state index in [2.05, 4.69) is 34.0 Å². The molecule has 9 nitrogen and oxygen atoms in total. The third kappa shape index (κ3) is 10.8. The van der Waals surface area contributed by atoms with Gasteiger partial charge in [-0.1, -0.05) is 6.07 Å². The fourth-order valence-corrected chi connectivity index (χ4v) is 4.27. The molecule has 0 bridgehead atoms. The number of nitrogens with zero attached hydrogens (tertiary/aromatic N) is 3. The molecule has 2 aromatic heterocycles. The number of carboxylic acids is 2. The van der Waals surface area contributed by atoms with Crippen molar-refractivity contribution in [3.05, 3.63) is 54.2 Å². The number of pyridine rings is 1. The van der Waals surface area contributed by atoms with Crippen molar-refractivity contribution in [1.29, 1.82) is 0 Å². The Balaban J connectivity index is 0.000000317. The number of fused-ring (bicyclic) bond motifs is 1. The minimum absolute atomic E-state index is 0.327. The van der Waals surface area contributed by atoms with Gasteiger partial charge in [-0.05, 0) is 50.1 Å². The Morgan fingerprint density at radius 3 is 2.21 bits per heavy atom. The van der Waals surface area contributed by atoms with Crippen LogP contribution in [0.3, 0.4) is 0 Å². The van der Waals surface area contributed by atoms with Crippen LogP contribution in [0, 0.1) is 5.92 Å². The van der Waals surface area contributed by atoms with Crippen molar-refractivity contribution in [1.82, 2.24) is 14.8 Å². The van der Waals surface area contributed by atoms with E-state index in [4.69, 9.17) is 29.0 Å². The van der Waals surface area contributed by atoms with Crippen LogP contribution in [0.2, 0.25) is 0 Å². The summed E-state index contributed by atoms with van der Waals surface area (Å²) in [7, 11) is 2.19. The highest BCUT2D eigenvalue weighted by Gasteiger charge is 2.41. The third-order valence-electron chi connectivity index (χ3n) is 5.96. The summed E-state index contributed by atoms with van der Waals surface area (Å²) < 4.78 is 75.2. The van der Waals surface area contributed by atoms with E-state index in [-0.39, 0.29) is 0 Å². The standard InChI is InChI=1S/C20H27N3O2.2C2HF3O2/c1-22(14-18-8-5-10-24-18)19-15-23(13-17-7-2-3-9-21-17)12-16-6-4-11-25-20(16)19;2*3-2(4,5)1(6)7/h2-3,5,7-10,16,19-20H,4,6,11-15H2,1H3;2*(H,6,7)/t16-,19+,20-;;/m0../s1. The molecular weight excluding hydrogens is 540 g/mol. The lowest BCUT2D eigenvalue weighted by Gasteiger charge is -2.48. The highest BCUT2D eigenvalue weighted by Crippen LogP contribution is 2.32. The molecule has 218 valence electrons. The first kappa shape index (κ1) is 32.0. The van der Waals surface area contributed by atoms with Crippen molar-refractivity contribution in [3.63, 3.8) is 0 Å². The average Bonchev–Trinajstić information content (AvgIpc) is 3.37. The number of alkyl halides is 6. The molecule has 2 N–H and O–H groups in total. The second-order valence-electron chi connectivity index (χ2n) is 8.92. The quantitative estimate of drug-likeness (QED) is 0.515. The zero-order valence-electron chi connectivity index (χ0n) is 20.9. The van der Waals surface area contributed by atoms with Gasteiger partial charge in [-0.15, -0.1) is 0 Å². The molecule has 39 heavy (non-hydrogen) atoms. The largest absolute Gasteiger partial charge is 0.490 e. The molecular formula is C24H29F6N3O6. The number of carboxylic acid groups (broad SMARTS) is 2. The fourth-order valence-electron chi connectivity index (χ4n) is 4.27. The average molecular weight is 569 g/mol. The minimum atomic E-state index is -5.08. The summed E-state index contributed by atoms with van der Waals surface area (Å²) in [4.78, 5) is 27.2. The minimum Gasteiger partial charge on any atom is -0.475 e. The van der Waals surface area contributed by atoms with Crippen molar-refractivity contribution < 1.29 is 55.3 Å². The van der Waals surface area contributed by atoms with Crippen molar-refractivity contribution in [3.8, 4) is 0 Å². The Labute approximate surface area is 220 Å². The van der Waals surface area contributed by atoms with Gasteiger partial charge in [-0.3, -0.25) is 14.8 Å². The van der Waals surface area contributed by atoms with Gasteiger partial charge in [0.05, 0.1) is 24.6 Å². The van der Waals surface area contributed by atoms with Crippen LogP contribution in [0.1, 0.15) is 24.3 Å². The Morgan fingerprint density at radius 2 is 1.69 bits per heavy atom. The number of piperidine rings is 1. The number of aliphatic carboxylic acids is 2. The van der Waals surface area contributed by atoms with Crippen LogP contribution >= 0.6 is 0 Å². The Morgan fingerprint density at radius 1 is 1.05 bits per heavy atom. The fraction of sp³-hybridized carbons (Fsp3) is 0.542. The number of hydrogen-bond donors (Lipinski definition) is 2. The van der Waals surface area contributed by atoms with Gasteiger partial charge < -0.3 is 19.4 Å². The maximum atomic E-state index is 10.6. The highest BCUT2D eigenvalue weighted by molar-refractivity contribution is 5.73. The molecule has 2 aliphatic rings. The molecule has 2 fully saturated rings. The molecule has 0 unspecified atom stereocenters. The van der Waals surface area contributed by atoms with Gasteiger partial charge >= 0.3 is 24.3 Å². The third-order valence-corrected chi connectivity index (χ3v) is 5.96. The molecule has 0 spiro atoms. The molecule has 2 aromatic rings. The molecule has 3 atom stereocenters. The summed E-state index contributed by atoms with van der Waals surface area (Å²) in [5.74, 6) is -3.90. The van der Waals surface area contributed by atoms with Crippen LogP contribution in [0.15, 0.2) is 47.2 Å². The van der Waals surface area contributed by atoms with Crippen LogP contribution in [-0.4, -0.2) is 88.2 Å². The second-order valence-corrected chi connectivity index (χ2v) is 8.92. The number of halogens is 6. The molecule has 0 amide bonds. The van der Waals surface area contributed by atoms with Gasteiger partial charge in [0.25, 0.3) is 0 Å². The van der Waals surface area contributed by atoms with Crippen molar-refractivity contribution in [2.45, 2.75) is 50.4 Å². The number of likely N-dealkylation sites (N-methyl/N-ethyl adjacent to an activating group) is 1. The summed E-state index contributed by atoms with van der Waals surface area (Å²) >= 11 is 0. The van der Waals surface area contributed by atoms with E-state index in [1.54, 1.807) is 6.26 Å². The van der Waals surface area contributed by atoms with E-state index in [0.29, 0.717) is 18.1 Å². The van der Waals surface area contributed by atoms with E-state index < -0.39 is 24.3 Å². The van der Waals surface area contributed by atoms with Gasteiger partial charge in [-0.2, -0.15) is 26.3 Å². The van der Waals surface area contributed by atoms with Crippen LogP contribution in [0.4, 0.5) is 26.3 Å². The van der Waals surface area contributed by atoms with Crippen molar-refractivity contribution >= 4 is 11.9 Å². The maximum absolute atomic E-state index is 10.6. The van der Waals surface area contributed by atoms with Crippen molar-refractivity contribution in [2.75, 3.05) is 26.7 Å². The molecule has 15 heteroatoms. The van der Waals surface area contributed by atoms with Gasteiger partial charge in [0.1, 0.15) is 5.76 Å². The molecule has 2 saturated heterocycles. The van der Waals surface area contributed by atoms with E-state index in [9.17, 15) is 26.3 Å². The predicted octanol–water partition coefficient (Wildman–Crippen LogP) is 4.05. The topological polar surface area (TPSA) is 116 Å². The van der Waals surface area contributed by atoms with E-state index in [1.807, 2.05) is 24.4 Å². The molecule has 4 heterocycles. The van der Waals surface area contributed by atoms with Crippen LogP contribution in [-0.2, 0) is 27.4 Å². The van der Waals surface area contributed by atoms with E-state index in [0.717, 1.165) is 44.2 Å². The number of rotatable bonds is 5. The summed E-state index contributed by atoms with van der Waals surface area (Å²) in [6, 6.07) is 10.5. The highest BCUT2D eigenvalue weighted by atomic mass is 19.4. The number of hydrogen-bond acceptors (Lipinski definition) is 7. The maximum Gasteiger partial charge on any atom is 0.490 e. The smallest absolute Gasteiger partial charge is 0.475 e. The lowest BCUT2D eigenvalue weighted by molar-refractivity contribution is -0.193. The van der Waals surface area contributed by atoms with E-state index >= 15 is 0 Å². The summed E-state index contributed by atoms with van der Waals surface area (Å²) in [5, 5.41) is 14.2. The Hall–Kier alpha value is -3.17. The van der Waals surface area contributed by atoms with Gasteiger partial charge in [0.15, 0.2) is 0 Å². The summed E-state index contributed by atoms with van der Waals surface area (Å²) in [5.41, 5.74) is 1.14. The molecule has 0 aliphatic carbocycles. The van der Waals surface area contributed by atoms with Crippen LogP contribution in [0.5, 0.6) is 0 Å². The second kappa shape index (κ2) is 14.3. The lowest BCUT2D eigenvalue weighted by atomic mass is 9.84. The first-order valence-corrected chi connectivity index (χ1v) is 11.7. The van der Waals surface area contributed by atoms with E-state index in [1.165, 1.54) is 12.8 Å². The van der Waals surface area contributed by atoms with Gasteiger partial charge in [0, 0.05) is 38.5 Å². The number of likely N-dealkylation sites (tertiary alicyclic amines) is 1. The number of aromatic nitrogens is 1. The molecule has 2 aliphatic heterocycles. The SMILES string of the molecule is CN(Cc1ccco1)[C@@H]1CN(Cc2ccccn2)C[C@@H]2CCCO[C@@H]21.O=C(O)C(F)(F)F.O=C(O)C(F)(F)F. The number of ether oxygens (including phenoxy) is 1. The summed E-state index contributed by atoms with van der Waals surface area (Å²) in [6.07, 6.45) is -3.78. The first-order valence-electron chi connectivity index (χ1n) is 11.7. The predicted molar refractivity (Wildman–Crippen MR) is 123 cm³/mol. The normalized spacial score (nSPS) is 21.6. The monoisotopic (exact) mass is 569 g/mol. The Bertz CT molecular complexity index is 996. The van der Waals surface area contributed by atoms with Gasteiger partial charge in [-0.25, -0.2) is 9.59 Å². The van der Waals surface area contributed by atoms with Crippen molar-refractivity contribution in [2.24, 2.45) is 5.92 Å². The molecule has 0 saturated carbocycles. The zero-order chi connectivity index (χ0) is 29.2. The molecule has 0 aromatic carbocycles. The van der Waals surface area contributed by atoms with Crippen LogP contribution in [0.25, 0.3) is 0 Å². The van der Waals surface area contributed by atoms with Gasteiger partial charge in [0.2, 0.25) is 0 Å². The number of carbonyl (C=O) groups is 2. The molecule has 0 radical (unpaired) electrons. The van der Waals surface area contributed by atoms with Crippen LogP contribution < -0.4 is 0 Å². The Kier molecular flexibility index (Phi) is 11.7. The number of furan rings is 1.